The zero-order chi connectivity index (χ0) is 19.0. The van der Waals surface area contributed by atoms with Crippen LogP contribution in [0.15, 0.2) is 46.0 Å². The van der Waals surface area contributed by atoms with Crippen molar-refractivity contribution >= 4 is 5.96 Å². The molecule has 0 aliphatic heterocycles. The minimum absolute atomic E-state index is 0.238. The van der Waals surface area contributed by atoms with Crippen LogP contribution < -0.4 is 10.6 Å². The molecule has 0 aliphatic carbocycles. The molecule has 2 aromatic rings. The topological polar surface area (TPSA) is 65.7 Å². The van der Waals surface area contributed by atoms with Crippen molar-refractivity contribution in [3.8, 4) is 11.5 Å². The molecule has 2 rings (SSSR count). The number of aromatic nitrogens is 1. The molecule has 0 saturated carbocycles. The lowest BCUT2D eigenvalue weighted by Crippen LogP contribution is -2.42. The third-order valence-electron chi connectivity index (χ3n) is 3.47. The van der Waals surface area contributed by atoms with E-state index in [0.29, 0.717) is 30.6 Å². The van der Waals surface area contributed by atoms with Crippen molar-refractivity contribution in [3.63, 3.8) is 0 Å². The van der Waals surface area contributed by atoms with Crippen LogP contribution in [0, 0.1) is 0 Å². The zero-order valence-electron chi connectivity index (χ0n) is 14.7. The first-order chi connectivity index (χ1) is 12.4. The average molecular weight is 369 g/mol. The second-order valence-electron chi connectivity index (χ2n) is 5.72. The molecule has 0 amide bonds. The van der Waals surface area contributed by atoms with Gasteiger partial charge in [-0.15, -0.1) is 0 Å². The lowest BCUT2D eigenvalue weighted by molar-refractivity contribution is -0.142. The molecular formula is C17H22F3N5O. The Morgan fingerprint density at radius 3 is 2.62 bits per heavy atom. The molecule has 1 heterocycles. The summed E-state index contributed by atoms with van der Waals surface area (Å²) in [7, 11) is 3.01. The number of hydrogen-bond donors (Lipinski definition) is 2. The van der Waals surface area contributed by atoms with Crippen LogP contribution in [0.25, 0.3) is 11.5 Å². The molecule has 0 bridgehead atoms. The van der Waals surface area contributed by atoms with E-state index in [9.17, 15) is 13.2 Å². The van der Waals surface area contributed by atoms with E-state index < -0.39 is 12.7 Å². The summed E-state index contributed by atoms with van der Waals surface area (Å²) in [6, 6.07) is 9.52. The van der Waals surface area contributed by atoms with Gasteiger partial charge in [0.15, 0.2) is 5.96 Å². The highest BCUT2D eigenvalue weighted by atomic mass is 19.4. The molecule has 0 spiro atoms. The fourth-order valence-electron chi connectivity index (χ4n) is 2.25. The van der Waals surface area contributed by atoms with E-state index in [1.54, 1.807) is 13.3 Å². The summed E-state index contributed by atoms with van der Waals surface area (Å²) in [5.41, 5.74) is 1.58. The van der Waals surface area contributed by atoms with Crippen LogP contribution in [0.4, 0.5) is 13.2 Å². The second kappa shape index (κ2) is 9.23. The average Bonchev–Trinajstić information content (AvgIpc) is 3.06. The van der Waals surface area contributed by atoms with Crippen LogP contribution in [0.3, 0.4) is 0 Å². The summed E-state index contributed by atoms with van der Waals surface area (Å²) in [6.07, 6.45) is -2.64. The van der Waals surface area contributed by atoms with Gasteiger partial charge in [0, 0.05) is 25.7 Å². The second-order valence-corrected chi connectivity index (χ2v) is 5.72. The fourth-order valence-corrected chi connectivity index (χ4v) is 2.25. The summed E-state index contributed by atoms with van der Waals surface area (Å²) in [5.74, 6) is 1.01. The first-order valence-corrected chi connectivity index (χ1v) is 8.07. The molecule has 0 aliphatic rings. The molecule has 0 atom stereocenters. The standard InChI is InChI=1S/C17H22F3N5O/c1-21-16(22-8-9-25(2)12-17(18,19)20)23-10-14-11-26-15(24-14)13-6-4-3-5-7-13/h3-7,11H,8-10,12H2,1-2H3,(H2,21,22,23). The highest BCUT2D eigenvalue weighted by Gasteiger charge is 2.28. The maximum Gasteiger partial charge on any atom is 0.401 e. The van der Waals surface area contributed by atoms with Gasteiger partial charge in [0.05, 0.1) is 18.8 Å². The van der Waals surface area contributed by atoms with Gasteiger partial charge in [-0.1, -0.05) is 18.2 Å². The van der Waals surface area contributed by atoms with Gasteiger partial charge in [-0.3, -0.25) is 9.89 Å². The number of nitrogens with one attached hydrogen (secondary N) is 2. The van der Waals surface area contributed by atoms with E-state index in [0.717, 1.165) is 5.56 Å². The molecule has 26 heavy (non-hydrogen) atoms. The van der Waals surface area contributed by atoms with Crippen LogP contribution in [-0.2, 0) is 6.54 Å². The van der Waals surface area contributed by atoms with Crippen LogP contribution >= 0.6 is 0 Å². The lowest BCUT2D eigenvalue weighted by atomic mass is 10.2. The number of halogens is 3. The van der Waals surface area contributed by atoms with Gasteiger partial charge in [-0.25, -0.2) is 4.98 Å². The SMILES string of the molecule is CN=C(NCCN(C)CC(F)(F)F)NCc1coc(-c2ccccc2)n1. The Kier molecular flexibility index (Phi) is 7.02. The third-order valence-corrected chi connectivity index (χ3v) is 3.47. The first-order valence-electron chi connectivity index (χ1n) is 8.07. The fraction of sp³-hybridized carbons (Fsp3) is 0.412. The molecular weight excluding hydrogens is 347 g/mol. The van der Waals surface area contributed by atoms with Gasteiger partial charge in [-0.2, -0.15) is 13.2 Å². The lowest BCUT2D eigenvalue weighted by Gasteiger charge is -2.19. The summed E-state index contributed by atoms with van der Waals surface area (Å²) < 4.78 is 42.3. The molecule has 0 saturated heterocycles. The van der Waals surface area contributed by atoms with Crippen molar-refractivity contribution in [1.82, 2.24) is 20.5 Å². The van der Waals surface area contributed by atoms with Crippen molar-refractivity contribution < 1.29 is 17.6 Å². The molecule has 0 unspecified atom stereocenters. The number of benzene rings is 1. The number of aliphatic imine (C=N–C) groups is 1. The number of alkyl halides is 3. The molecule has 1 aromatic heterocycles. The number of nitrogens with zero attached hydrogens (tertiary/aromatic N) is 3. The Labute approximate surface area is 150 Å². The Hall–Kier alpha value is -2.55. The number of likely N-dealkylation sites (N-methyl/N-ethyl adjacent to an activating group) is 1. The Morgan fingerprint density at radius 2 is 1.96 bits per heavy atom. The van der Waals surface area contributed by atoms with Crippen LogP contribution in [0.2, 0.25) is 0 Å². The molecule has 0 radical (unpaired) electrons. The highest BCUT2D eigenvalue weighted by molar-refractivity contribution is 5.79. The van der Waals surface area contributed by atoms with Crippen molar-refractivity contribution in [2.24, 2.45) is 4.99 Å². The number of guanidine groups is 1. The normalized spacial score (nSPS) is 12.5. The van der Waals surface area contributed by atoms with Gasteiger partial charge < -0.3 is 15.1 Å². The predicted molar refractivity (Wildman–Crippen MR) is 93.7 cm³/mol. The van der Waals surface area contributed by atoms with Crippen LogP contribution in [-0.4, -0.2) is 55.7 Å². The van der Waals surface area contributed by atoms with Gasteiger partial charge in [0.25, 0.3) is 0 Å². The summed E-state index contributed by atoms with van der Waals surface area (Å²) >= 11 is 0. The summed E-state index contributed by atoms with van der Waals surface area (Å²) in [6.45, 7) is 0.0129. The molecule has 1 aromatic carbocycles. The Balaban J connectivity index is 1.76. The van der Waals surface area contributed by atoms with E-state index in [1.807, 2.05) is 30.3 Å². The van der Waals surface area contributed by atoms with E-state index in [-0.39, 0.29) is 6.54 Å². The van der Waals surface area contributed by atoms with E-state index in [4.69, 9.17) is 4.42 Å². The van der Waals surface area contributed by atoms with Gasteiger partial charge in [0.2, 0.25) is 5.89 Å². The number of rotatable bonds is 7. The Morgan fingerprint density at radius 1 is 1.23 bits per heavy atom. The summed E-state index contributed by atoms with van der Waals surface area (Å²) in [4.78, 5) is 9.62. The first kappa shape index (κ1) is 19.8. The van der Waals surface area contributed by atoms with Crippen molar-refractivity contribution in [2.45, 2.75) is 12.7 Å². The van der Waals surface area contributed by atoms with E-state index in [2.05, 4.69) is 20.6 Å². The molecule has 0 fully saturated rings. The van der Waals surface area contributed by atoms with Crippen molar-refractivity contribution in [3.05, 3.63) is 42.3 Å². The quantitative estimate of drug-likeness (QED) is 0.580. The van der Waals surface area contributed by atoms with Gasteiger partial charge in [-0.05, 0) is 19.2 Å². The van der Waals surface area contributed by atoms with Crippen LogP contribution in [0.1, 0.15) is 5.69 Å². The van der Waals surface area contributed by atoms with Gasteiger partial charge >= 0.3 is 6.18 Å². The number of hydrogen-bond acceptors (Lipinski definition) is 4. The van der Waals surface area contributed by atoms with Crippen LogP contribution in [0.5, 0.6) is 0 Å². The minimum Gasteiger partial charge on any atom is -0.444 e. The van der Waals surface area contributed by atoms with E-state index in [1.165, 1.54) is 11.9 Å². The monoisotopic (exact) mass is 369 g/mol. The van der Waals surface area contributed by atoms with Crippen molar-refractivity contribution in [1.29, 1.82) is 0 Å². The molecule has 9 heteroatoms. The van der Waals surface area contributed by atoms with Crippen molar-refractivity contribution in [2.75, 3.05) is 33.7 Å². The molecule has 2 N–H and O–H groups in total. The Bertz CT molecular complexity index is 700. The maximum atomic E-state index is 12.3. The third kappa shape index (κ3) is 6.75. The smallest absolute Gasteiger partial charge is 0.401 e. The van der Waals surface area contributed by atoms with E-state index >= 15 is 0 Å². The number of oxazole rings is 1. The largest absolute Gasteiger partial charge is 0.444 e. The minimum atomic E-state index is -4.20. The van der Waals surface area contributed by atoms with Gasteiger partial charge in [0.1, 0.15) is 6.26 Å². The zero-order valence-corrected chi connectivity index (χ0v) is 14.7. The summed E-state index contributed by atoms with van der Waals surface area (Å²) in [5, 5.41) is 6.01. The molecule has 142 valence electrons. The highest BCUT2D eigenvalue weighted by Crippen LogP contribution is 2.17. The predicted octanol–water partition coefficient (Wildman–Crippen LogP) is 2.50. The maximum absolute atomic E-state index is 12.3. The molecule has 6 nitrogen and oxygen atoms in total.